The summed E-state index contributed by atoms with van der Waals surface area (Å²) < 4.78 is 2.79. The largest absolute Gasteiger partial charge is 0.350 e. The third kappa shape index (κ3) is 2.12. The number of hydrazine groups is 1. The van der Waals surface area contributed by atoms with Gasteiger partial charge in [0.1, 0.15) is 12.4 Å². The van der Waals surface area contributed by atoms with Crippen LogP contribution in [0.25, 0.3) is 5.65 Å². The van der Waals surface area contributed by atoms with Gasteiger partial charge in [0.05, 0.1) is 0 Å². The lowest BCUT2D eigenvalue weighted by molar-refractivity contribution is 0.629. The number of aryl methyl sites for hydroxylation is 1. The summed E-state index contributed by atoms with van der Waals surface area (Å²) in [5.74, 6) is 6.32. The molecule has 0 unspecified atom stereocenters. The van der Waals surface area contributed by atoms with Crippen LogP contribution in [0.3, 0.4) is 0 Å². The van der Waals surface area contributed by atoms with E-state index >= 15 is 0 Å². The first kappa shape index (κ1) is 12.3. The van der Waals surface area contributed by atoms with Crippen LogP contribution in [0.1, 0.15) is 11.5 Å². The molecule has 3 rings (SSSR count). The zero-order chi connectivity index (χ0) is 14.1. The summed E-state index contributed by atoms with van der Waals surface area (Å²) in [4.78, 5) is 20.6. The van der Waals surface area contributed by atoms with E-state index in [9.17, 15) is 4.79 Å². The highest BCUT2D eigenvalue weighted by molar-refractivity contribution is 5.36. The van der Waals surface area contributed by atoms with E-state index in [2.05, 4.69) is 20.5 Å². The SMILES string of the molecule is Cc1cc(NN)nc(Cn2nc3ccccn3c2=O)n1. The zero-order valence-electron chi connectivity index (χ0n) is 10.8. The number of aromatic nitrogens is 5. The minimum atomic E-state index is -0.229. The Hall–Kier alpha value is -2.74. The fourth-order valence-corrected chi connectivity index (χ4v) is 1.98. The Bertz CT molecular complexity index is 820. The van der Waals surface area contributed by atoms with Gasteiger partial charge in [0, 0.05) is 18.0 Å². The second kappa shape index (κ2) is 4.74. The van der Waals surface area contributed by atoms with Crippen LogP contribution < -0.4 is 17.0 Å². The van der Waals surface area contributed by atoms with Crippen molar-refractivity contribution in [2.75, 3.05) is 5.43 Å². The van der Waals surface area contributed by atoms with E-state index < -0.39 is 0 Å². The van der Waals surface area contributed by atoms with E-state index in [4.69, 9.17) is 5.84 Å². The minimum Gasteiger partial charge on any atom is -0.308 e. The van der Waals surface area contributed by atoms with Crippen molar-refractivity contribution in [2.24, 2.45) is 5.84 Å². The maximum atomic E-state index is 12.1. The van der Waals surface area contributed by atoms with Gasteiger partial charge in [-0.25, -0.2) is 25.3 Å². The van der Waals surface area contributed by atoms with E-state index in [1.807, 2.05) is 13.0 Å². The van der Waals surface area contributed by atoms with Crippen LogP contribution >= 0.6 is 0 Å². The molecule has 3 N–H and O–H groups in total. The molecule has 0 saturated carbocycles. The van der Waals surface area contributed by atoms with E-state index in [1.54, 1.807) is 24.4 Å². The van der Waals surface area contributed by atoms with Gasteiger partial charge in [0.2, 0.25) is 0 Å². The monoisotopic (exact) mass is 271 g/mol. The number of hydrogen-bond acceptors (Lipinski definition) is 6. The average molecular weight is 271 g/mol. The third-order valence-electron chi connectivity index (χ3n) is 2.83. The van der Waals surface area contributed by atoms with Crippen LogP contribution in [0.2, 0.25) is 0 Å². The van der Waals surface area contributed by atoms with Crippen LogP contribution in [-0.4, -0.2) is 24.1 Å². The van der Waals surface area contributed by atoms with Gasteiger partial charge in [-0.05, 0) is 19.1 Å². The molecule has 8 heteroatoms. The lowest BCUT2D eigenvalue weighted by atomic mass is 10.4. The van der Waals surface area contributed by atoms with Crippen LogP contribution in [-0.2, 0) is 6.54 Å². The van der Waals surface area contributed by atoms with Crippen LogP contribution in [0.4, 0.5) is 5.82 Å². The molecule has 0 saturated heterocycles. The molecule has 0 amide bonds. The summed E-state index contributed by atoms with van der Waals surface area (Å²) >= 11 is 0. The fraction of sp³-hybridized carbons (Fsp3) is 0.167. The molecular weight excluding hydrogens is 258 g/mol. The van der Waals surface area contributed by atoms with E-state index in [-0.39, 0.29) is 12.2 Å². The summed E-state index contributed by atoms with van der Waals surface area (Å²) in [5.41, 5.74) is 3.59. The predicted molar refractivity (Wildman–Crippen MR) is 73.1 cm³/mol. The number of nitrogens with zero attached hydrogens (tertiary/aromatic N) is 5. The lowest BCUT2D eigenvalue weighted by Crippen LogP contribution is -2.23. The van der Waals surface area contributed by atoms with Crippen molar-refractivity contribution in [2.45, 2.75) is 13.5 Å². The number of hydrogen-bond donors (Lipinski definition) is 2. The van der Waals surface area contributed by atoms with Gasteiger partial charge in [0.15, 0.2) is 11.5 Å². The molecule has 0 bridgehead atoms. The maximum absolute atomic E-state index is 12.1. The van der Waals surface area contributed by atoms with E-state index in [0.29, 0.717) is 17.3 Å². The van der Waals surface area contributed by atoms with Crippen molar-refractivity contribution in [3.63, 3.8) is 0 Å². The molecule has 0 atom stereocenters. The molecule has 8 nitrogen and oxygen atoms in total. The summed E-state index contributed by atoms with van der Waals surface area (Å²) in [6, 6.07) is 7.09. The first-order valence-electron chi connectivity index (χ1n) is 6.03. The highest BCUT2D eigenvalue weighted by Gasteiger charge is 2.09. The molecule has 0 aliphatic rings. The third-order valence-corrected chi connectivity index (χ3v) is 2.83. The molecule has 3 aromatic rings. The number of nitrogen functional groups attached to an aromatic ring is 1. The van der Waals surface area contributed by atoms with Crippen molar-refractivity contribution in [3.05, 3.63) is 52.5 Å². The maximum Gasteiger partial charge on any atom is 0.350 e. The molecule has 0 fully saturated rings. The average Bonchev–Trinajstić information content (AvgIpc) is 2.75. The number of fused-ring (bicyclic) bond motifs is 1. The van der Waals surface area contributed by atoms with Crippen molar-refractivity contribution in [3.8, 4) is 0 Å². The van der Waals surface area contributed by atoms with Crippen LogP contribution in [0.15, 0.2) is 35.3 Å². The molecule has 3 aromatic heterocycles. The molecule has 0 aliphatic heterocycles. The van der Waals surface area contributed by atoms with Crippen LogP contribution in [0, 0.1) is 6.92 Å². The molecule has 0 aliphatic carbocycles. The molecule has 3 heterocycles. The van der Waals surface area contributed by atoms with Gasteiger partial charge >= 0.3 is 5.69 Å². The Kier molecular flexibility index (Phi) is 2.92. The highest BCUT2D eigenvalue weighted by atomic mass is 16.2. The Labute approximate surface area is 113 Å². The van der Waals surface area contributed by atoms with Gasteiger partial charge in [-0.3, -0.25) is 4.40 Å². The lowest BCUT2D eigenvalue weighted by Gasteiger charge is -2.04. The molecule has 0 radical (unpaired) electrons. The fourth-order valence-electron chi connectivity index (χ4n) is 1.98. The number of nitrogens with one attached hydrogen (secondary N) is 1. The standard InChI is InChI=1S/C12H13N7O/c1-8-6-9(16-13)15-10(14-8)7-19-12(20)18-5-3-2-4-11(18)17-19/h2-6H,7,13H2,1H3,(H,14,15,16). The van der Waals surface area contributed by atoms with Crippen LogP contribution in [0.5, 0.6) is 0 Å². The molecule has 20 heavy (non-hydrogen) atoms. The number of nitrogens with two attached hydrogens (primary N) is 1. The van der Waals surface area contributed by atoms with Gasteiger partial charge in [-0.15, -0.1) is 5.10 Å². The van der Waals surface area contributed by atoms with Crippen molar-refractivity contribution >= 4 is 11.5 Å². The summed E-state index contributed by atoms with van der Waals surface area (Å²) in [5, 5.41) is 4.23. The van der Waals surface area contributed by atoms with Gasteiger partial charge in [-0.2, -0.15) is 0 Å². The Balaban J connectivity index is 2.03. The van der Waals surface area contributed by atoms with Gasteiger partial charge < -0.3 is 5.43 Å². The van der Waals surface area contributed by atoms with E-state index in [0.717, 1.165) is 5.69 Å². The quantitative estimate of drug-likeness (QED) is 0.510. The highest BCUT2D eigenvalue weighted by Crippen LogP contribution is 2.05. The van der Waals surface area contributed by atoms with Gasteiger partial charge in [-0.1, -0.05) is 6.07 Å². The first-order valence-corrected chi connectivity index (χ1v) is 6.03. The molecular formula is C12H13N7O. The number of pyridine rings is 1. The second-order valence-corrected chi connectivity index (χ2v) is 4.32. The first-order chi connectivity index (χ1) is 9.67. The number of anilines is 1. The summed E-state index contributed by atoms with van der Waals surface area (Å²) in [7, 11) is 0. The minimum absolute atomic E-state index is 0.191. The molecule has 102 valence electrons. The molecule has 0 aromatic carbocycles. The van der Waals surface area contributed by atoms with Crippen molar-refractivity contribution in [1.82, 2.24) is 24.1 Å². The van der Waals surface area contributed by atoms with Gasteiger partial charge in [0.25, 0.3) is 0 Å². The number of rotatable bonds is 3. The summed E-state index contributed by atoms with van der Waals surface area (Å²) in [6.07, 6.45) is 1.67. The van der Waals surface area contributed by atoms with Crippen molar-refractivity contribution in [1.29, 1.82) is 0 Å². The Morgan fingerprint density at radius 2 is 2.20 bits per heavy atom. The normalized spacial score (nSPS) is 10.9. The molecule has 0 spiro atoms. The Morgan fingerprint density at radius 3 is 2.95 bits per heavy atom. The smallest absolute Gasteiger partial charge is 0.308 e. The summed E-state index contributed by atoms with van der Waals surface area (Å²) in [6.45, 7) is 2.02. The topological polar surface area (TPSA) is 103 Å². The van der Waals surface area contributed by atoms with E-state index in [1.165, 1.54) is 9.08 Å². The predicted octanol–water partition coefficient (Wildman–Crippen LogP) is -0.0717. The Morgan fingerprint density at radius 1 is 1.35 bits per heavy atom. The van der Waals surface area contributed by atoms with Crippen molar-refractivity contribution < 1.29 is 0 Å². The second-order valence-electron chi connectivity index (χ2n) is 4.32. The zero-order valence-corrected chi connectivity index (χ0v) is 10.8.